The van der Waals surface area contributed by atoms with Gasteiger partial charge >= 0.3 is 0 Å². The first kappa shape index (κ1) is 18.4. The molecular formula is C21H23F2NO2S. The Kier molecular flexibility index (Phi) is 5.17. The molecule has 0 N–H and O–H groups in total. The highest BCUT2D eigenvalue weighted by Gasteiger charge is 2.28. The molecule has 6 heteroatoms. The fourth-order valence-electron chi connectivity index (χ4n) is 3.89. The molecular weight excluding hydrogens is 368 g/mol. The molecule has 1 aliphatic carbocycles. The second kappa shape index (κ2) is 7.58. The van der Waals surface area contributed by atoms with Crippen molar-refractivity contribution in [3.63, 3.8) is 0 Å². The zero-order chi connectivity index (χ0) is 19.0. The van der Waals surface area contributed by atoms with Crippen LogP contribution in [0, 0.1) is 17.6 Å². The van der Waals surface area contributed by atoms with Gasteiger partial charge < -0.3 is 9.64 Å². The first-order valence-electron chi connectivity index (χ1n) is 9.52. The normalized spacial score (nSPS) is 20.4. The van der Waals surface area contributed by atoms with Gasteiger partial charge in [0.15, 0.2) is 11.6 Å². The van der Waals surface area contributed by atoms with Crippen LogP contribution < -0.4 is 4.74 Å². The number of fused-ring (bicyclic) bond motifs is 1. The lowest BCUT2D eigenvalue weighted by atomic mass is 9.90. The lowest BCUT2D eigenvalue weighted by Gasteiger charge is -2.32. The Hall–Kier alpha value is -1.95. The summed E-state index contributed by atoms with van der Waals surface area (Å²) in [6.07, 6.45) is 4.47. The fourth-order valence-corrected chi connectivity index (χ4v) is 5.07. The lowest BCUT2D eigenvalue weighted by molar-refractivity contribution is 0.0592. The number of hydrogen-bond donors (Lipinski definition) is 0. The number of piperidine rings is 1. The van der Waals surface area contributed by atoms with Crippen molar-refractivity contribution >= 4 is 17.2 Å². The number of rotatable bonds is 3. The van der Waals surface area contributed by atoms with Crippen molar-refractivity contribution in [3.05, 3.63) is 51.2 Å². The van der Waals surface area contributed by atoms with E-state index in [1.165, 1.54) is 29.0 Å². The van der Waals surface area contributed by atoms with Crippen LogP contribution in [-0.2, 0) is 12.8 Å². The van der Waals surface area contributed by atoms with E-state index in [1.54, 1.807) is 11.3 Å². The first-order chi connectivity index (χ1) is 13.0. The van der Waals surface area contributed by atoms with Gasteiger partial charge in [0.2, 0.25) is 0 Å². The van der Waals surface area contributed by atoms with E-state index in [2.05, 4.69) is 13.0 Å². The standard InChI is InChI=1S/C21H23F2NO2S/c1-13-2-5-19-14(10-13)11-20(27-19)21(25)24-8-6-16(7-9-24)26-18-4-3-15(22)12-17(18)23/h3-4,11-13,16H,2,5-10H2,1H3. The molecule has 1 aliphatic heterocycles. The first-order valence-corrected chi connectivity index (χ1v) is 10.3. The number of aryl methyl sites for hydroxylation is 1. The Morgan fingerprint density at radius 1 is 1.19 bits per heavy atom. The van der Waals surface area contributed by atoms with Gasteiger partial charge in [0.1, 0.15) is 11.9 Å². The summed E-state index contributed by atoms with van der Waals surface area (Å²) in [4.78, 5) is 16.9. The van der Waals surface area contributed by atoms with Crippen LogP contribution in [0.25, 0.3) is 0 Å². The number of nitrogens with zero attached hydrogens (tertiary/aromatic N) is 1. The van der Waals surface area contributed by atoms with Crippen LogP contribution in [0.4, 0.5) is 8.78 Å². The zero-order valence-electron chi connectivity index (χ0n) is 15.3. The van der Waals surface area contributed by atoms with E-state index in [0.717, 1.165) is 23.8 Å². The summed E-state index contributed by atoms with van der Waals surface area (Å²) in [6.45, 7) is 3.44. The molecule has 27 heavy (non-hydrogen) atoms. The highest BCUT2D eigenvalue weighted by molar-refractivity contribution is 7.14. The summed E-state index contributed by atoms with van der Waals surface area (Å²) in [6, 6.07) is 5.41. The van der Waals surface area contributed by atoms with Gasteiger partial charge in [-0.05, 0) is 48.9 Å². The average molecular weight is 391 g/mol. The van der Waals surface area contributed by atoms with E-state index >= 15 is 0 Å². The van der Waals surface area contributed by atoms with E-state index in [1.807, 2.05) is 4.90 Å². The average Bonchev–Trinajstić information content (AvgIpc) is 3.07. The minimum Gasteiger partial charge on any atom is -0.487 e. The Balaban J connectivity index is 1.35. The second-order valence-electron chi connectivity index (χ2n) is 7.59. The molecule has 2 aromatic rings. The molecule has 1 unspecified atom stereocenters. The number of halogens is 2. The molecule has 2 heterocycles. The van der Waals surface area contributed by atoms with Gasteiger partial charge in [0.25, 0.3) is 5.91 Å². The molecule has 1 fully saturated rings. The summed E-state index contributed by atoms with van der Waals surface area (Å²) < 4.78 is 32.4. The second-order valence-corrected chi connectivity index (χ2v) is 8.73. The molecule has 1 amide bonds. The Morgan fingerprint density at radius 3 is 2.70 bits per heavy atom. The summed E-state index contributed by atoms with van der Waals surface area (Å²) in [5.74, 6) is -0.454. The Bertz CT molecular complexity index is 843. The minimum atomic E-state index is -0.688. The van der Waals surface area contributed by atoms with E-state index in [0.29, 0.717) is 31.8 Å². The van der Waals surface area contributed by atoms with Crippen LogP contribution in [0.15, 0.2) is 24.3 Å². The van der Waals surface area contributed by atoms with Gasteiger partial charge in [-0.2, -0.15) is 0 Å². The number of benzene rings is 1. The van der Waals surface area contributed by atoms with Gasteiger partial charge in [-0.1, -0.05) is 6.92 Å². The van der Waals surface area contributed by atoms with Gasteiger partial charge in [0, 0.05) is 36.9 Å². The minimum absolute atomic E-state index is 0.0706. The van der Waals surface area contributed by atoms with Gasteiger partial charge in [-0.15, -0.1) is 11.3 Å². The molecule has 3 nitrogen and oxygen atoms in total. The molecule has 0 radical (unpaired) electrons. The summed E-state index contributed by atoms with van der Waals surface area (Å²) in [5, 5.41) is 0. The number of hydrogen-bond acceptors (Lipinski definition) is 3. The molecule has 0 spiro atoms. The predicted octanol–water partition coefficient (Wildman–Crippen LogP) is 4.83. The quantitative estimate of drug-likeness (QED) is 0.750. The van der Waals surface area contributed by atoms with Crippen LogP contribution in [0.2, 0.25) is 0 Å². The maximum absolute atomic E-state index is 13.7. The molecule has 4 rings (SSSR count). The maximum atomic E-state index is 13.7. The topological polar surface area (TPSA) is 29.5 Å². The number of likely N-dealkylation sites (tertiary alicyclic amines) is 1. The number of amides is 1. The third kappa shape index (κ3) is 4.00. The van der Waals surface area contributed by atoms with E-state index < -0.39 is 11.6 Å². The van der Waals surface area contributed by atoms with E-state index in [4.69, 9.17) is 4.74 Å². The van der Waals surface area contributed by atoms with E-state index in [9.17, 15) is 13.6 Å². The summed E-state index contributed by atoms with van der Waals surface area (Å²) in [5.41, 5.74) is 1.34. The Morgan fingerprint density at radius 2 is 1.96 bits per heavy atom. The van der Waals surface area contributed by atoms with Crippen LogP contribution >= 0.6 is 11.3 Å². The Labute approximate surface area is 161 Å². The van der Waals surface area contributed by atoms with Crippen molar-refractivity contribution in [2.24, 2.45) is 5.92 Å². The molecule has 1 saturated heterocycles. The number of carbonyl (C=O) groups is 1. The SMILES string of the molecule is CC1CCc2sc(C(=O)N3CCC(Oc4ccc(F)cc4F)CC3)cc2C1. The molecule has 1 aromatic heterocycles. The largest absolute Gasteiger partial charge is 0.487 e. The highest BCUT2D eigenvalue weighted by atomic mass is 32.1. The third-order valence-corrected chi connectivity index (χ3v) is 6.68. The smallest absolute Gasteiger partial charge is 0.263 e. The third-order valence-electron chi connectivity index (χ3n) is 5.46. The molecule has 144 valence electrons. The summed E-state index contributed by atoms with van der Waals surface area (Å²) >= 11 is 1.64. The number of thiophene rings is 1. The highest BCUT2D eigenvalue weighted by Crippen LogP contribution is 2.33. The molecule has 0 saturated carbocycles. The van der Waals surface area contributed by atoms with Crippen molar-refractivity contribution in [2.75, 3.05) is 13.1 Å². The zero-order valence-corrected chi connectivity index (χ0v) is 16.2. The number of carbonyl (C=O) groups excluding carboxylic acids is 1. The summed E-state index contributed by atoms with van der Waals surface area (Å²) in [7, 11) is 0. The molecule has 1 atom stereocenters. The molecule has 2 aliphatic rings. The van der Waals surface area contributed by atoms with Crippen molar-refractivity contribution in [1.29, 1.82) is 0 Å². The van der Waals surface area contributed by atoms with Crippen LogP contribution in [0.3, 0.4) is 0 Å². The van der Waals surface area contributed by atoms with Crippen molar-refractivity contribution < 1.29 is 18.3 Å². The van der Waals surface area contributed by atoms with Gasteiger partial charge in [-0.3, -0.25) is 4.79 Å². The fraction of sp³-hybridized carbons (Fsp3) is 0.476. The maximum Gasteiger partial charge on any atom is 0.263 e. The monoisotopic (exact) mass is 391 g/mol. The number of ether oxygens (including phenoxy) is 1. The van der Waals surface area contributed by atoms with Crippen molar-refractivity contribution in [1.82, 2.24) is 4.90 Å². The lowest BCUT2D eigenvalue weighted by Crippen LogP contribution is -2.41. The van der Waals surface area contributed by atoms with Gasteiger partial charge in [0.05, 0.1) is 4.88 Å². The predicted molar refractivity (Wildman–Crippen MR) is 101 cm³/mol. The van der Waals surface area contributed by atoms with Crippen molar-refractivity contribution in [3.8, 4) is 5.75 Å². The van der Waals surface area contributed by atoms with Crippen LogP contribution in [0.5, 0.6) is 5.75 Å². The molecule has 0 bridgehead atoms. The molecule has 1 aromatic carbocycles. The van der Waals surface area contributed by atoms with Crippen molar-refractivity contribution in [2.45, 2.75) is 45.1 Å². The van der Waals surface area contributed by atoms with E-state index in [-0.39, 0.29) is 17.8 Å². The van der Waals surface area contributed by atoms with Crippen LogP contribution in [-0.4, -0.2) is 30.0 Å². The van der Waals surface area contributed by atoms with Crippen LogP contribution in [0.1, 0.15) is 46.3 Å². The van der Waals surface area contributed by atoms with Gasteiger partial charge in [-0.25, -0.2) is 8.78 Å².